The second-order valence-corrected chi connectivity index (χ2v) is 7.54. The Morgan fingerprint density at radius 1 is 1.22 bits per heavy atom. The van der Waals surface area contributed by atoms with Crippen molar-refractivity contribution in [2.75, 3.05) is 11.4 Å². The van der Waals surface area contributed by atoms with Crippen LogP contribution in [0.5, 0.6) is 0 Å². The average Bonchev–Trinajstić information content (AvgIpc) is 3.12. The molecule has 1 aliphatic rings. The lowest BCUT2D eigenvalue weighted by atomic mass is 10.1. The van der Waals surface area contributed by atoms with E-state index in [0.29, 0.717) is 22.4 Å². The van der Waals surface area contributed by atoms with Crippen molar-refractivity contribution in [2.24, 2.45) is 5.92 Å². The number of carbonyl (C=O) groups excluding carboxylic acids is 2. The molecule has 0 spiro atoms. The third kappa shape index (κ3) is 3.86. The van der Waals surface area contributed by atoms with E-state index in [2.05, 4.69) is 5.32 Å². The summed E-state index contributed by atoms with van der Waals surface area (Å²) in [7, 11) is 0. The van der Waals surface area contributed by atoms with Crippen LogP contribution in [-0.4, -0.2) is 18.4 Å². The standard InChI is InChI=1S/C16H14Cl2N2O2S/c17-11-1-3-12(4-2-11)20-9-10(7-15(20)21)16(22)19-8-13-5-6-14(18)23-13/h1-6,10H,7-9H2,(H,19,22). The summed E-state index contributed by atoms with van der Waals surface area (Å²) >= 11 is 13.2. The number of nitrogens with zero attached hydrogens (tertiary/aromatic N) is 1. The van der Waals surface area contributed by atoms with Crippen LogP contribution in [0.15, 0.2) is 36.4 Å². The molecule has 0 aliphatic carbocycles. The fourth-order valence-electron chi connectivity index (χ4n) is 2.52. The number of anilines is 1. The summed E-state index contributed by atoms with van der Waals surface area (Å²) < 4.78 is 0.694. The zero-order chi connectivity index (χ0) is 16.4. The summed E-state index contributed by atoms with van der Waals surface area (Å²) in [5.41, 5.74) is 0.764. The van der Waals surface area contributed by atoms with Crippen LogP contribution in [-0.2, 0) is 16.1 Å². The molecule has 0 radical (unpaired) electrons. The summed E-state index contributed by atoms with van der Waals surface area (Å²) in [6.45, 7) is 0.819. The van der Waals surface area contributed by atoms with Gasteiger partial charge in [0.1, 0.15) is 0 Å². The van der Waals surface area contributed by atoms with Crippen molar-refractivity contribution in [3.8, 4) is 0 Å². The minimum atomic E-state index is -0.339. The predicted octanol–water partition coefficient (Wildman–Crippen LogP) is 3.72. The molecule has 3 rings (SSSR count). The molecule has 4 nitrogen and oxygen atoms in total. The van der Waals surface area contributed by atoms with Crippen molar-refractivity contribution < 1.29 is 9.59 Å². The highest BCUT2D eigenvalue weighted by molar-refractivity contribution is 7.16. The molecule has 1 fully saturated rings. The van der Waals surface area contributed by atoms with Gasteiger partial charge in [0.25, 0.3) is 0 Å². The van der Waals surface area contributed by atoms with Gasteiger partial charge in [0, 0.05) is 28.6 Å². The molecule has 1 aliphatic heterocycles. The maximum Gasteiger partial charge on any atom is 0.227 e. The monoisotopic (exact) mass is 368 g/mol. The van der Waals surface area contributed by atoms with Crippen molar-refractivity contribution in [1.29, 1.82) is 0 Å². The van der Waals surface area contributed by atoms with E-state index in [9.17, 15) is 9.59 Å². The maximum atomic E-state index is 12.3. The Hall–Kier alpha value is -1.56. The molecule has 1 aromatic heterocycles. The normalized spacial score (nSPS) is 17.6. The summed E-state index contributed by atoms with van der Waals surface area (Å²) in [5, 5.41) is 3.48. The van der Waals surface area contributed by atoms with E-state index in [0.717, 1.165) is 10.6 Å². The number of carbonyl (C=O) groups is 2. The predicted molar refractivity (Wildman–Crippen MR) is 93.1 cm³/mol. The van der Waals surface area contributed by atoms with Gasteiger partial charge in [-0.1, -0.05) is 23.2 Å². The van der Waals surface area contributed by atoms with Crippen LogP contribution < -0.4 is 10.2 Å². The summed E-state index contributed by atoms with van der Waals surface area (Å²) in [5.74, 6) is -0.500. The van der Waals surface area contributed by atoms with E-state index in [1.165, 1.54) is 11.3 Å². The van der Waals surface area contributed by atoms with Gasteiger partial charge in [0.15, 0.2) is 0 Å². The van der Waals surface area contributed by atoms with E-state index in [1.54, 1.807) is 35.2 Å². The SMILES string of the molecule is O=C(NCc1ccc(Cl)s1)C1CC(=O)N(c2ccc(Cl)cc2)C1. The lowest BCUT2D eigenvalue weighted by molar-refractivity contribution is -0.126. The molecule has 2 aromatic rings. The number of hydrogen-bond donors (Lipinski definition) is 1. The molecule has 0 saturated carbocycles. The Balaban J connectivity index is 1.60. The second kappa shape index (κ2) is 6.91. The summed E-state index contributed by atoms with van der Waals surface area (Å²) in [6, 6.07) is 10.7. The van der Waals surface area contributed by atoms with Crippen LogP contribution >= 0.6 is 34.5 Å². The number of benzene rings is 1. The molecule has 0 bridgehead atoms. The van der Waals surface area contributed by atoms with Gasteiger partial charge in [-0.05, 0) is 36.4 Å². The molecule has 23 heavy (non-hydrogen) atoms. The first kappa shape index (κ1) is 16.3. The van der Waals surface area contributed by atoms with Crippen LogP contribution in [0.25, 0.3) is 0 Å². The zero-order valence-electron chi connectivity index (χ0n) is 12.1. The summed E-state index contributed by atoms with van der Waals surface area (Å²) in [6.07, 6.45) is 0.222. The largest absolute Gasteiger partial charge is 0.351 e. The Morgan fingerprint density at radius 3 is 2.61 bits per heavy atom. The van der Waals surface area contributed by atoms with E-state index < -0.39 is 0 Å². The molecule has 2 heterocycles. The zero-order valence-corrected chi connectivity index (χ0v) is 14.4. The smallest absolute Gasteiger partial charge is 0.227 e. The highest BCUT2D eigenvalue weighted by Gasteiger charge is 2.34. The lowest BCUT2D eigenvalue weighted by Gasteiger charge is -2.16. The number of hydrogen-bond acceptors (Lipinski definition) is 3. The molecular formula is C16H14Cl2N2O2S. The Bertz CT molecular complexity index is 730. The van der Waals surface area contributed by atoms with Crippen molar-refractivity contribution in [1.82, 2.24) is 5.32 Å². The van der Waals surface area contributed by atoms with E-state index in [-0.39, 0.29) is 24.2 Å². The van der Waals surface area contributed by atoms with Crippen LogP contribution in [0, 0.1) is 5.92 Å². The van der Waals surface area contributed by atoms with Crippen LogP contribution in [0.2, 0.25) is 9.36 Å². The first-order valence-electron chi connectivity index (χ1n) is 7.11. The molecule has 1 saturated heterocycles. The Kier molecular flexibility index (Phi) is 4.90. The Morgan fingerprint density at radius 2 is 1.96 bits per heavy atom. The van der Waals surface area contributed by atoms with Crippen molar-refractivity contribution in [3.63, 3.8) is 0 Å². The molecule has 1 unspecified atom stereocenters. The third-order valence-electron chi connectivity index (χ3n) is 3.70. The van der Waals surface area contributed by atoms with Gasteiger partial charge in [-0.25, -0.2) is 0 Å². The van der Waals surface area contributed by atoms with Gasteiger partial charge < -0.3 is 10.2 Å². The molecule has 1 aromatic carbocycles. The number of thiophene rings is 1. The molecule has 7 heteroatoms. The molecular weight excluding hydrogens is 355 g/mol. The van der Waals surface area contributed by atoms with Crippen LogP contribution in [0.1, 0.15) is 11.3 Å². The van der Waals surface area contributed by atoms with E-state index >= 15 is 0 Å². The number of amides is 2. The first-order valence-corrected chi connectivity index (χ1v) is 8.68. The van der Waals surface area contributed by atoms with Crippen LogP contribution in [0.4, 0.5) is 5.69 Å². The highest BCUT2D eigenvalue weighted by atomic mass is 35.5. The maximum absolute atomic E-state index is 12.3. The molecule has 2 amide bonds. The molecule has 1 atom stereocenters. The third-order valence-corrected chi connectivity index (χ3v) is 5.18. The van der Waals surface area contributed by atoms with E-state index in [1.807, 2.05) is 6.07 Å². The topological polar surface area (TPSA) is 49.4 Å². The van der Waals surface area contributed by atoms with Gasteiger partial charge >= 0.3 is 0 Å². The minimum Gasteiger partial charge on any atom is -0.351 e. The number of halogens is 2. The van der Waals surface area contributed by atoms with Gasteiger partial charge in [-0.15, -0.1) is 11.3 Å². The van der Waals surface area contributed by atoms with Crippen LogP contribution in [0.3, 0.4) is 0 Å². The quantitative estimate of drug-likeness (QED) is 0.893. The summed E-state index contributed by atoms with van der Waals surface area (Å²) in [4.78, 5) is 27.0. The fraction of sp³-hybridized carbons (Fsp3) is 0.250. The van der Waals surface area contributed by atoms with Crippen molar-refractivity contribution >= 4 is 52.0 Å². The second-order valence-electron chi connectivity index (χ2n) is 5.31. The highest BCUT2D eigenvalue weighted by Crippen LogP contribution is 2.27. The van der Waals surface area contributed by atoms with Gasteiger partial charge in [0.2, 0.25) is 11.8 Å². The molecule has 1 N–H and O–H groups in total. The van der Waals surface area contributed by atoms with E-state index in [4.69, 9.17) is 23.2 Å². The number of rotatable bonds is 4. The first-order chi connectivity index (χ1) is 11.0. The minimum absolute atomic E-state index is 0.0494. The Labute approximate surface area is 148 Å². The lowest BCUT2D eigenvalue weighted by Crippen LogP contribution is -2.32. The van der Waals surface area contributed by atoms with Gasteiger partial charge in [0.05, 0.1) is 16.8 Å². The fourth-order valence-corrected chi connectivity index (χ4v) is 3.67. The van der Waals surface area contributed by atoms with Gasteiger partial charge in [-0.3, -0.25) is 9.59 Å². The van der Waals surface area contributed by atoms with Crippen molar-refractivity contribution in [3.05, 3.63) is 50.6 Å². The van der Waals surface area contributed by atoms with Gasteiger partial charge in [-0.2, -0.15) is 0 Å². The molecule has 120 valence electrons. The van der Waals surface area contributed by atoms with Crippen molar-refractivity contribution in [2.45, 2.75) is 13.0 Å². The number of nitrogens with one attached hydrogen (secondary N) is 1. The average molecular weight is 369 g/mol.